The van der Waals surface area contributed by atoms with Crippen molar-refractivity contribution in [2.75, 3.05) is 14.1 Å². The van der Waals surface area contributed by atoms with E-state index in [0.29, 0.717) is 5.70 Å². The summed E-state index contributed by atoms with van der Waals surface area (Å²) in [5.74, 6) is -0.231. The maximum absolute atomic E-state index is 12.0. The molecule has 0 aliphatic heterocycles. The third kappa shape index (κ3) is 3.77. The van der Waals surface area contributed by atoms with Crippen molar-refractivity contribution in [2.24, 2.45) is 0 Å². The van der Waals surface area contributed by atoms with E-state index in [2.05, 4.69) is 5.32 Å². The molecule has 0 aromatic heterocycles. The van der Waals surface area contributed by atoms with Crippen molar-refractivity contribution in [1.82, 2.24) is 10.2 Å². The van der Waals surface area contributed by atoms with Gasteiger partial charge in [-0.1, -0.05) is 19.3 Å². The highest BCUT2D eigenvalue weighted by Crippen LogP contribution is 2.18. The molecule has 0 bridgehead atoms. The maximum Gasteiger partial charge on any atom is 0.263 e. The van der Waals surface area contributed by atoms with Gasteiger partial charge in [0.15, 0.2) is 0 Å². The van der Waals surface area contributed by atoms with Crippen LogP contribution in [-0.2, 0) is 4.79 Å². The van der Waals surface area contributed by atoms with Crippen LogP contribution in [0.3, 0.4) is 0 Å². The number of allylic oxidation sites excluding steroid dienone is 1. The van der Waals surface area contributed by atoms with Crippen LogP contribution in [0.15, 0.2) is 11.3 Å². The van der Waals surface area contributed by atoms with E-state index in [1.165, 1.54) is 19.3 Å². The minimum Gasteiger partial charge on any atom is -0.380 e. The summed E-state index contributed by atoms with van der Waals surface area (Å²) in [6.45, 7) is 1.79. The molecule has 0 saturated heterocycles. The number of nitrogens with zero attached hydrogens (tertiary/aromatic N) is 2. The molecule has 0 aromatic rings. The fourth-order valence-electron chi connectivity index (χ4n) is 2.02. The Kier molecular flexibility index (Phi) is 5.02. The third-order valence-corrected chi connectivity index (χ3v) is 3.31. The van der Waals surface area contributed by atoms with E-state index in [-0.39, 0.29) is 17.5 Å². The Morgan fingerprint density at radius 1 is 1.29 bits per heavy atom. The zero-order chi connectivity index (χ0) is 12.8. The van der Waals surface area contributed by atoms with E-state index in [1.54, 1.807) is 11.8 Å². The van der Waals surface area contributed by atoms with Crippen LogP contribution in [-0.4, -0.2) is 30.9 Å². The maximum atomic E-state index is 12.0. The number of carbonyl (C=O) groups is 1. The van der Waals surface area contributed by atoms with Gasteiger partial charge in [-0.2, -0.15) is 5.26 Å². The normalized spacial score (nSPS) is 18.0. The van der Waals surface area contributed by atoms with Gasteiger partial charge in [-0.25, -0.2) is 0 Å². The van der Waals surface area contributed by atoms with Gasteiger partial charge in [0.05, 0.1) is 0 Å². The van der Waals surface area contributed by atoms with Gasteiger partial charge in [0.25, 0.3) is 5.91 Å². The first-order valence-electron chi connectivity index (χ1n) is 6.15. The fourth-order valence-corrected chi connectivity index (χ4v) is 2.02. The van der Waals surface area contributed by atoms with E-state index in [0.717, 1.165) is 12.8 Å². The topological polar surface area (TPSA) is 56.1 Å². The molecule has 0 heterocycles. The lowest BCUT2D eigenvalue weighted by atomic mass is 9.95. The molecule has 1 fully saturated rings. The summed E-state index contributed by atoms with van der Waals surface area (Å²) in [6.07, 6.45) is 5.66. The van der Waals surface area contributed by atoms with Crippen LogP contribution >= 0.6 is 0 Å². The van der Waals surface area contributed by atoms with E-state index < -0.39 is 0 Å². The average Bonchev–Trinajstić information content (AvgIpc) is 2.30. The lowest BCUT2D eigenvalue weighted by molar-refractivity contribution is -0.118. The number of nitriles is 1. The minimum atomic E-state index is -0.231. The lowest BCUT2D eigenvalue weighted by Crippen LogP contribution is -2.37. The number of amides is 1. The van der Waals surface area contributed by atoms with Gasteiger partial charge in [0, 0.05) is 25.8 Å². The lowest BCUT2D eigenvalue weighted by Gasteiger charge is -2.23. The Morgan fingerprint density at radius 3 is 2.35 bits per heavy atom. The number of rotatable bonds is 3. The first-order valence-corrected chi connectivity index (χ1v) is 6.15. The van der Waals surface area contributed by atoms with Crippen LogP contribution in [0, 0.1) is 11.3 Å². The number of hydrogen-bond acceptors (Lipinski definition) is 3. The van der Waals surface area contributed by atoms with Crippen molar-refractivity contribution < 1.29 is 4.79 Å². The van der Waals surface area contributed by atoms with E-state index in [4.69, 9.17) is 5.26 Å². The van der Waals surface area contributed by atoms with E-state index in [1.807, 2.05) is 20.2 Å². The van der Waals surface area contributed by atoms with Crippen molar-refractivity contribution in [1.29, 1.82) is 5.26 Å². The molecule has 17 heavy (non-hydrogen) atoms. The molecule has 1 N–H and O–H groups in total. The van der Waals surface area contributed by atoms with Crippen molar-refractivity contribution in [3.8, 4) is 6.07 Å². The Hall–Kier alpha value is -1.50. The van der Waals surface area contributed by atoms with E-state index in [9.17, 15) is 4.79 Å². The van der Waals surface area contributed by atoms with Gasteiger partial charge in [0.2, 0.25) is 0 Å². The zero-order valence-corrected chi connectivity index (χ0v) is 10.9. The number of nitrogens with one attached hydrogen (secondary N) is 1. The molecule has 94 valence electrons. The molecular weight excluding hydrogens is 214 g/mol. The largest absolute Gasteiger partial charge is 0.380 e. The highest BCUT2D eigenvalue weighted by molar-refractivity contribution is 5.98. The molecule has 1 aliphatic rings. The molecule has 0 aromatic carbocycles. The Morgan fingerprint density at radius 2 is 1.88 bits per heavy atom. The Balaban J connectivity index is 2.67. The summed E-state index contributed by atoms with van der Waals surface area (Å²) in [5.41, 5.74) is 0.932. The van der Waals surface area contributed by atoms with E-state index >= 15 is 0 Å². The van der Waals surface area contributed by atoms with Gasteiger partial charge in [-0.05, 0) is 19.8 Å². The fraction of sp³-hybridized carbons (Fsp3) is 0.692. The van der Waals surface area contributed by atoms with Crippen LogP contribution in [0.2, 0.25) is 0 Å². The summed E-state index contributed by atoms with van der Waals surface area (Å²) in [7, 11) is 3.67. The van der Waals surface area contributed by atoms with Crippen LogP contribution in [0.4, 0.5) is 0 Å². The number of hydrogen-bond donors (Lipinski definition) is 1. The highest BCUT2D eigenvalue weighted by atomic mass is 16.1. The summed E-state index contributed by atoms with van der Waals surface area (Å²) < 4.78 is 0. The standard InChI is InChI=1S/C13H21N3O/c1-10(16(2)3)12(9-14)13(17)15-11-7-5-4-6-8-11/h11H,4-8H2,1-3H3,(H,15,17)/b12-10+. The quantitative estimate of drug-likeness (QED) is 0.599. The summed E-state index contributed by atoms with van der Waals surface area (Å²) in [4.78, 5) is 13.8. The van der Waals surface area contributed by atoms with Crippen molar-refractivity contribution in [3.05, 3.63) is 11.3 Å². The monoisotopic (exact) mass is 235 g/mol. The molecule has 4 nitrogen and oxygen atoms in total. The molecule has 1 rings (SSSR count). The second-order valence-electron chi connectivity index (χ2n) is 4.78. The van der Waals surface area contributed by atoms with Crippen LogP contribution in [0.25, 0.3) is 0 Å². The second-order valence-corrected chi connectivity index (χ2v) is 4.78. The van der Waals surface area contributed by atoms with Crippen LogP contribution in [0.5, 0.6) is 0 Å². The molecule has 1 amide bonds. The first kappa shape index (κ1) is 13.6. The molecular formula is C13H21N3O. The predicted octanol–water partition coefficient (Wildman–Crippen LogP) is 1.79. The molecule has 0 atom stereocenters. The zero-order valence-electron chi connectivity index (χ0n) is 10.9. The summed E-state index contributed by atoms with van der Waals surface area (Å²) in [6, 6.07) is 2.24. The molecule has 1 aliphatic carbocycles. The van der Waals surface area contributed by atoms with Crippen LogP contribution < -0.4 is 5.32 Å². The summed E-state index contributed by atoms with van der Waals surface area (Å²) >= 11 is 0. The number of carbonyl (C=O) groups excluding carboxylic acids is 1. The van der Waals surface area contributed by atoms with Gasteiger partial charge in [-0.15, -0.1) is 0 Å². The van der Waals surface area contributed by atoms with Gasteiger partial charge >= 0.3 is 0 Å². The Labute approximate surface area is 103 Å². The average molecular weight is 235 g/mol. The van der Waals surface area contributed by atoms with Gasteiger partial charge < -0.3 is 10.2 Å². The second kappa shape index (κ2) is 6.29. The molecule has 0 radical (unpaired) electrons. The van der Waals surface area contributed by atoms with Crippen molar-refractivity contribution >= 4 is 5.91 Å². The van der Waals surface area contributed by atoms with Gasteiger partial charge in [0.1, 0.15) is 11.6 Å². The molecule has 0 unspecified atom stereocenters. The van der Waals surface area contributed by atoms with Crippen LogP contribution in [0.1, 0.15) is 39.0 Å². The highest BCUT2D eigenvalue weighted by Gasteiger charge is 2.19. The smallest absolute Gasteiger partial charge is 0.263 e. The predicted molar refractivity (Wildman–Crippen MR) is 67.0 cm³/mol. The molecule has 4 heteroatoms. The van der Waals surface area contributed by atoms with Gasteiger partial charge in [-0.3, -0.25) is 4.79 Å². The molecule has 0 spiro atoms. The Bertz CT molecular complexity index is 346. The molecule has 1 saturated carbocycles. The SMILES string of the molecule is C/C(=C(/C#N)C(=O)NC1CCCCC1)N(C)C. The van der Waals surface area contributed by atoms with Crippen molar-refractivity contribution in [3.63, 3.8) is 0 Å². The summed E-state index contributed by atoms with van der Waals surface area (Å²) in [5, 5.41) is 12.0. The minimum absolute atomic E-state index is 0.223. The van der Waals surface area contributed by atoms with Crippen molar-refractivity contribution in [2.45, 2.75) is 45.1 Å². The third-order valence-electron chi connectivity index (χ3n) is 3.31. The first-order chi connectivity index (χ1) is 8.06.